The van der Waals surface area contributed by atoms with Gasteiger partial charge in [-0.1, -0.05) is 30.7 Å². The number of hydrogen-bond donors (Lipinski definition) is 2. The van der Waals surface area contributed by atoms with Crippen LogP contribution in [0.5, 0.6) is 0 Å². The predicted molar refractivity (Wildman–Crippen MR) is 68.6 cm³/mol. The number of benzene rings is 1. The van der Waals surface area contributed by atoms with Gasteiger partial charge in [0.15, 0.2) is 0 Å². The Balaban J connectivity index is 2.43. The van der Waals surface area contributed by atoms with E-state index in [2.05, 4.69) is 0 Å². The van der Waals surface area contributed by atoms with Gasteiger partial charge in [0, 0.05) is 5.92 Å². The Bertz CT molecular complexity index is 457. The van der Waals surface area contributed by atoms with Gasteiger partial charge in [0.1, 0.15) is 5.92 Å². The summed E-state index contributed by atoms with van der Waals surface area (Å²) in [5.41, 5.74) is 12.9. The van der Waals surface area contributed by atoms with E-state index in [-0.39, 0.29) is 5.92 Å². The first-order valence-electron chi connectivity index (χ1n) is 6.27. The first-order chi connectivity index (χ1) is 8.61. The maximum Gasteiger partial charge on any atom is 0.230 e. The third-order valence-electron chi connectivity index (χ3n) is 3.68. The molecule has 0 spiro atoms. The third kappa shape index (κ3) is 2.37. The molecule has 0 radical (unpaired) electrons. The Labute approximate surface area is 106 Å². The Morgan fingerprint density at radius 2 is 1.78 bits per heavy atom. The average Bonchev–Trinajstić information content (AvgIpc) is 2.52. The first-order valence-corrected chi connectivity index (χ1v) is 6.27. The summed E-state index contributed by atoms with van der Waals surface area (Å²) in [6, 6.07) is 7.93. The average molecular weight is 246 g/mol. The zero-order valence-electron chi connectivity index (χ0n) is 10.3. The van der Waals surface area contributed by atoms with E-state index in [4.69, 9.17) is 11.5 Å². The van der Waals surface area contributed by atoms with Gasteiger partial charge in [0.05, 0.1) is 0 Å². The molecular weight excluding hydrogens is 228 g/mol. The zero-order chi connectivity index (χ0) is 13.1. The van der Waals surface area contributed by atoms with Crippen molar-refractivity contribution < 1.29 is 9.59 Å². The van der Waals surface area contributed by atoms with Crippen molar-refractivity contribution in [3.05, 3.63) is 35.4 Å². The quantitative estimate of drug-likeness (QED) is 0.617. The summed E-state index contributed by atoms with van der Waals surface area (Å²) in [6.45, 7) is 0. The second-order valence-corrected chi connectivity index (χ2v) is 4.83. The minimum absolute atomic E-state index is 0.168. The van der Waals surface area contributed by atoms with Gasteiger partial charge in [-0.2, -0.15) is 0 Å². The number of hydrogen-bond acceptors (Lipinski definition) is 2. The fourth-order valence-corrected chi connectivity index (χ4v) is 2.84. The molecule has 0 saturated heterocycles. The lowest BCUT2D eigenvalue weighted by atomic mass is 9.81. The molecule has 0 bridgehead atoms. The van der Waals surface area contributed by atoms with Crippen LogP contribution in [0.15, 0.2) is 24.3 Å². The van der Waals surface area contributed by atoms with Crippen molar-refractivity contribution in [2.75, 3.05) is 0 Å². The second-order valence-electron chi connectivity index (χ2n) is 4.83. The van der Waals surface area contributed by atoms with Gasteiger partial charge in [-0.05, 0) is 30.4 Å². The highest BCUT2D eigenvalue weighted by atomic mass is 16.2. The van der Waals surface area contributed by atoms with Crippen LogP contribution in [0.1, 0.15) is 36.3 Å². The van der Waals surface area contributed by atoms with Gasteiger partial charge >= 0.3 is 0 Å². The molecular formula is C14H18N2O2. The van der Waals surface area contributed by atoms with E-state index in [9.17, 15) is 9.59 Å². The number of rotatable bonds is 3. The van der Waals surface area contributed by atoms with Crippen molar-refractivity contribution in [2.24, 2.45) is 17.4 Å². The number of fused-ring (bicyclic) bond motifs is 1. The number of carbonyl (C=O) groups excluding carboxylic acids is 2. The molecule has 1 aliphatic rings. The van der Waals surface area contributed by atoms with Crippen molar-refractivity contribution in [1.29, 1.82) is 0 Å². The van der Waals surface area contributed by atoms with Crippen LogP contribution < -0.4 is 11.5 Å². The van der Waals surface area contributed by atoms with Crippen molar-refractivity contribution in [3.8, 4) is 0 Å². The maximum absolute atomic E-state index is 11.5. The Kier molecular flexibility index (Phi) is 3.65. The van der Waals surface area contributed by atoms with Crippen LogP contribution >= 0.6 is 0 Å². The molecule has 18 heavy (non-hydrogen) atoms. The molecule has 1 aromatic rings. The van der Waals surface area contributed by atoms with Crippen LogP contribution in [0, 0.1) is 5.92 Å². The lowest BCUT2D eigenvalue weighted by molar-refractivity contribution is -0.132. The van der Waals surface area contributed by atoms with E-state index in [1.54, 1.807) is 0 Å². The van der Waals surface area contributed by atoms with Crippen LogP contribution in [-0.2, 0) is 16.0 Å². The second kappa shape index (κ2) is 5.21. The standard InChI is InChI=1S/C14H18N2O2/c15-13(17)12(14(16)18)11-8-4-2-6-9-5-1-3-7-10(9)11/h1,3,5,7,11-12H,2,4,6,8H2,(H2,15,17)(H2,16,18)/t11-/m1/s1. The summed E-state index contributed by atoms with van der Waals surface area (Å²) in [4.78, 5) is 23.0. The molecule has 0 heterocycles. The van der Waals surface area contributed by atoms with E-state index in [1.807, 2.05) is 24.3 Å². The zero-order valence-corrected chi connectivity index (χ0v) is 10.3. The molecule has 1 aliphatic carbocycles. The van der Waals surface area contributed by atoms with Crippen LogP contribution in [0.2, 0.25) is 0 Å². The van der Waals surface area contributed by atoms with Gasteiger partial charge < -0.3 is 11.5 Å². The number of aryl methyl sites for hydroxylation is 1. The summed E-state index contributed by atoms with van der Waals surface area (Å²) in [5, 5.41) is 0. The summed E-state index contributed by atoms with van der Waals surface area (Å²) < 4.78 is 0. The monoisotopic (exact) mass is 246 g/mol. The van der Waals surface area contributed by atoms with Gasteiger partial charge in [0.25, 0.3) is 0 Å². The van der Waals surface area contributed by atoms with Crippen molar-refractivity contribution in [1.82, 2.24) is 0 Å². The van der Waals surface area contributed by atoms with Gasteiger partial charge in [-0.15, -0.1) is 0 Å². The molecule has 4 heteroatoms. The highest BCUT2D eigenvalue weighted by molar-refractivity contribution is 5.99. The minimum atomic E-state index is -0.899. The molecule has 0 unspecified atom stereocenters. The van der Waals surface area contributed by atoms with E-state index >= 15 is 0 Å². The summed E-state index contributed by atoms with van der Waals surface area (Å²) in [5.74, 6) is -2.31. The normalized spacial score (nSPS) is 19.1. The van der Waals surface area contributed by atoms with Crippen LogP contribution in [-0.4, -0.2) is 11.8 Å². The number of primary amides is 2. The molecule has 1 atom stereocenters. The maximum atomic E-state index is 11.5. The Morgan fingerprint density at radius 3 is 2.44 bits per heavy atom. The smallest absolute Gasteiger partial charge is 0.230 e. The topological polar surface area (TPSA) is 86.2 Å². The molecule has 0 saturated carbocycles. The van der Waals surface area contributed by atoms with Crippen molar-refractivity contribution in [2.45, 2.75) is 31.6 Å². The summed E-state index contributed by atoms with van der Waals surface area (Å²) >= 11 is 0. The van der Waals surface area contributed by atoms with Gasteiger partial charge in [-0.25, -0.2) is 0 Å². The van der Waals surface area contributed by atoms with Crippen LogP contribution in [0.25, 0.3) is 0 Å². The molecule has 2 amide bonds. The SMILES string of the molecule is NC(=O)C(C(N)=O)[C@@H]1CCCCc2ccccc21. The highest BCUT2D eigenvalue weighted by Gasteiger charge is 2.34. The molecule has 96 valence electrons. The molecule has 4 nitrogen and oxygen atoms in total. The van der Waals surface area contributed by atoms with Gasteiger partial charge in [-0.3, -0.25) is 9.59 Å². The first kappa shape index (κ1) is 12.6. The fourth-order valence-electron chi connectivity index (χ4n) is 2.84. The van der Waals surface area contributed by atoms with E-state index in [0.29, 0.717) is 0 Å². The predicted octanol–water partition coefficient (Wildman–Crippen LogP) is 1.08. The van der Waals surface area contributed by atoms with E-state index in [0.717, 1.165) is 31.2 Å². The summed E-state index contributed by atoms with van der Waals surface area (Å²) in [7, 11) is 0. The summed E-state index contributed by atoms with van der Waals surface area (Å²) in [6.07, 6.45) is 3.82. The highest BCUT2D eigenvalue weighted by Crippen LogP contribution is 2.35. The van der Waals surface area contributed by atoms with E-state index in [1.165, 1.54) is 5.56 Å². The fraction of sp³-hybridized carbons (Fsp3) is 0.429. The lowest BCUT2D eigenvalue weighted by Gasteiger charge is -2.23. The molecule has 0 aliphatic heterocycles. The molecule has 0 aromatic heterocycles. The van der Waals surface area contributed by atoms with Crippen LogP contribution in [0.3, 0.4) is 0 Å². The molecule has 1 aromatic carbocycles. The minimum Gasteiger partial charge on any atom is -0.369 e. The van der Waals surface area contributed by atoms with Crippen LogP contribution in [0.4, 0.5) is 0 Å². The Morgan fingerprint density at radius 1 is 1.11 bits per heavy atom. The lowest BCUT2D eigenvalue weighted by Crippen LogP contribution is -2.39. The number of nitrogens with two attached hydrogens (primary N) is 2. The molecule has 0 fully saturated rings. The third-order valence-corrected chi connectivity index (χ3v) is 3.68. The largest absolute Gasteiger partial charge is 0.369 e. The molecule has 2 rings (SSSR count). The number of carbonyl (C=O) groups is 2. The Hall–Kier alpha value is -1.84. The van der Waals surface area contributed by atoms with E-state index < -0.39 is 17.7 Å². The van der Waals surface area contributed by atoms with Crippen molar-refractivity contribution >= 4 is 11.8 Å². The molecule has 4 N–H and O–H groups in total. The van der Waals surface area contributed by atoms with Crippen molar-refractivity contribution in [3.63, 3.8) is 0 Å². The van der Waals surface area contributed by atoms with Gasteiger partial charge in [0.2, 0.25) is 11.8 Å². The number of amides is 2.